The quantitative estimate of drug-likeness (QED) is 0.0420. The molecule has 0 bridgehead atoms. The zero-order chi connectivity index (χ0) is 39.3. The summed E-state index contributed by atoms with van der Waals surface area (Å²) in [6.45, 7) is 9.99. The molecular weight excluding hydrogens is 670 g/mol. The van der Waals surface area contributed by atoms with E-state index in [1.807, 2.05) is 19.0 Å². The van der Waals surface area contributed by atoms with Gasteiger partial charge in [0, 0.05) is 52.6 Å². The lowest BCUT2D eigenvalue weighted by Crippen LogP contribution is -2.22. The minimum absolute atomic E-state index is 0.136. The molecule has 320 valence electrons. The van der Waals surface area contributed by atoms with E-state index >= 15 is 0 Å². The summed E-state index contributed by atoms with van der Waals surface area (Å²) < 4.78 is 21.4. The Morgan fingerprint density at radius 1 is 0.566 bits per heavy atom. The summed E-state index contributed by atoms with van der Waals surface area (Å²) in [5, 5.41) is 26.4. The summed E-state index contributed by atoms with van der Waals surface area (Å²) in [4.78, 5) is 13.1. The molecule has 0 unspecified atom stereocenters. The fourth-order valence-electron chi connectivity index (χ4n) is 5.95. The van der Waals surface area contributed by atoms with Gasteiger partial charge < -0.3 is 39.2 Å². The summed E-state index contributed by atoms with van der Waals surface area (Å²) in [7, 11) is 3.81. The highest BCUT2D eigenvalue weighted by atomic mass is 16.6. The van der Waals surface area contributed by atoms with Gasteiger partial charge in [-0.25, -0.2) is 0 Å². The zero-order valence-electron chi connectivity index (χ0n) is 35.6. The van der Waals surface area contributed by atoms with Crippen LogP contribution >= 0.6 is 0 Å². The normalized spacial score (nSPS) is 15.2. The lowest BCUT2D eigenvalue weighted by Gasteiger charge is -2.12. The molecular formula is C44H91NO8. The maximum Gasteiger partial charge on any atom is 0.307 e. The van der Waals surface area contributed by atoms with Crippen molar-refractivity contribution in [2.45, 2.75) is 212 Å². The number of hydrogen-bond donors (Lipinski definition) is 3. The Bertz CT molecular complexity index is 618. The molecule has 0 spiro atoms. The van der Waals surface area contributed by atoms with Crippen LogP contribution in [-0.4, -0.2) is 105 Å². The summed E-state index contributed by atoms with van der Waals surface area (Å²) in [5.41, 5.74) is 0. The summed E-state index contributed by atoms with van der Waals surface area (Å²) in [6, 6.07) is 0. The van der Waals surface area contributed by atoms with Crippen LogP contribution < -0.4 is 0 Å². The van der Waals surface area contributed by atoms with Crippen molar-refractivity contribution >= 4 is 5.97 Å². The van der Waals surface area contributed by atoms with Crippen LogP contribution in [0.3, 0.4) is 0 Å². The van der Waals surface area contributed by atoms with E-state index in [4.69, 9.17) is 34.3 Å². The van der Waals surface area contributed by atoms with Crippen LogP contribution in [0.1, 0.15) is 200 Å². The molecule has 0 amide bonds. The molecule has 0 aromatic heterocycles. The van der Waals surface area contributed by atoms with Crippen molar-refractivity contribution in [2.24, 2.45) is 0 Å². The number of esters is 1. The number of carbonyl (C=O) groups excluding carboxylic acids is 1. The lowest BCUT2D eigenvalue weighted by atomic mass is 10.1. The molecule has 9 nitrogen and oxygen atoms in total. The molecule has 1 saturated heterocycles. The van der Waals surface area contributed by atoms with Crippen LogP contribution in [0.15, 0.2) is 0 Å². The second-order valence-electron chi connectivity index (χ2n) is 15.2. The van der Waals surface area contributed by atoms with Gasteiger partial charge in [0.1, 0.15) is 6.61 Å². The van der Waals surface area contributed by atoms with Crippen molar-refractivity contribution in [2.75, 3.05) is 66.9 Å². The van der Waals surface area contributed by atoms with Crippen molar-refractivity contribution in [1.29, 1.82) is 0 Å². The molecule has 0 aliphatic carbocycles. The fourth-order valence-corrected chi connectivity index (χ4v) is 5.95. The van der Waals surface area contributed by atoms with Gasteiger partial charge in [0.15, 0.2) is 6.29 Å². The Balaban J connectivity index is 0. The molecule has 1 rings (SSSR count). The van der Waals surface area contributed by atoms with Crippen LogP contribution in [-0.2, 0) is 23.7 Å². The predicted octanol–water partition coefficient (Wildman–Crippen LogP) is 10.2. The standard InChI is InChI=1S/2C17H36O2.C10H19NO4/c2*1-2-3-4-5-10-13-16-19-17-14-11-8-6-7-9-12-15-18;1-11(2)6-5-9(12)14-7-8-3-4-10(13)15-8/h2*18H,2-17H2,1H3;8,10,13H,3-7H2,1-2H3/t;;8-,10+/m..0/s1. The molecule has 0 radical (unpaired) electrons. The van der Waals surface area contributed by atoms with Gasteiger partial charge >= 0.3 is 5.97 Å². The van der Waals surface area contributed by atoms with Gasteiger partial charge in [-0.3, -0.25) is 4.79 Å². The molecule has 9 heteroatoms. The molecule has 53 heavy (non-hydrogen) atoms. The average molecular weight is 762 g/mol. The molecule has 0 aromatic rings. The maximum atomic E-state index is 11.2. The highest BCUT2D eigenvalue weighted by Crippen LogP contribution is 2.17. The molecule has 1 aliphatic heterocycles. The van der Waals surface area contributed by atoms with E-state index < -0.39 is 6.29 Å². The first-order valence-corrected chi connectivity index (χ1v) is 22.4. The smallest absolute Gasteiger partial charge is 0.307 e. The number of nitrogens with zero attached hydrogens (tertiary/aromatic N) is 1. The molecule has 0 aromatic carbocycles. The Kier molecular flexibility index (Phi) is 48.5. The van der Waals surface area contributed by atoms with Gasteiger partial charge in [-0.05, 0) is 59.0 Å². The summed E-state index contributed by atoms with van der Waals surface area (Å²) in [5.74, 6) is -0.214. The zero-order valence-corrected chi connectivity index (χ0v) is 35.6. The maximum absolute atomic E-state index is 11.2. The van der Waals surface area contributed by atoms with E-state index in [0.29, 0.717) is 32.6 Å². The van der Waals surface area contributed by atoms with E-state index in [-0.39, 0.29) is 18.7 Å². The van der Waals surface area contributed by atoms with Crippen molar-refractivity contribution in [1.82, 2.24) is 4.90 Å². The molecule has 1 heterocycles. The third kappa shape index (κ3) is 49.2. The highest BCUT2D eigenvalue weighted by molar-refractivity contribution is 5.69. The van der Waals surface area contributed by atoms with Crippen LogP contribution in [0.25, 0.3) is 0 Å². The van der Waals surface area contributed by atoms with Crippen molar-refractivity contribution in [3.63, 3.8) is 0 Å². The van der Waals surface area contributed by atoms with Crippen LogP contribution in [0.4, 0.5) is 0 Å². The topological polar surface area (TPSA) is 118 Å². The van der Waals surface area contributed by atoms with Gasteiger partial charge in [-0.15, -0.1) is 0 Å². The van der Waals surface area contributed by atoms with Gasteiger partial charge in [0.2, 0.25) is 0 Å². The SMILES string of the molecule is CCCCCCCCOCCCCCCCCCO.CCCCCCCCOCCCCCCCCCO.CN(C)CCC(=O)OC[C@@H]1CC[C@H](O)O1. The third-order valence-electron chi connectivity index (χ3n) is 9.46. The second kappa shape index (κ2) is 47.3. The van der Waals surface area contributed by atoms with E-state index in [1.54, 1.807) is 0 Å². The van der Waals surface area contributed by atoms with Gasteiger partial charge in [-0.2, -0.15) is 0 Å². The Morgan fingerprint density at radius 3 is 1.25 bits per heavy atom. The van der Waals surface area contributed by atoms with Gasteiger partial charge in [-0.1, -0.05) is 142 Å². The molecule has 3 N–H and O–H groups in total. The van der Waals surface area contributed by atoms with E-state index in [9.17, 15) is 4.79 Å². The van der Waals surface area contributed by atoms with Crippen LogP contribution in [0.5, 0.6) is 0 Å². The van der Waals surface area contributed by atoms with Crippen LogP contribution in [0, 0.1) is 0 Å². The van der Waals surface area contributed by atoms with E-state index in [1.165, 1.54) is 154 Å². The first kappa shape index (κ1) is 54.3. The number of carbonyl (C=O) groups is 1. The number of ether oxygens (including phenoxy) is 4. The number of hydrogen-bond acceptors (Lipinski definition) is 9. The van der Waals surface area contributed by atoms with Crippen molar-refractivity contribution in [3.8, 4) is 0 Å². The second-order valence-corrected chi connectivity index (χ2v) is 15.2. The largest absolute Gasteiger partial charge is 0.463 e. The predicted molar refractivity (Wildman–Crippen MR) is 221 cm³/mol. The monoisotopic (exact) mass is 762 g/mol. The molecule has 0 saturated carbocycles. The number of aliphatic hydroxyl groups is 3. The first-order chi connectivity index (χ1) is 25.9. The Morgan fingerprint density at radius 2 is 0.925 bits per heavy atom. The van der Waals surface area contributed by atoms with Crippen molar-refractivity contribution in [3.05, 3.63) is 0 Å². The number of unbranched alkanes of at least 4 members (excludes halogenated alkanes) is 22. The molecule has 1 fully saturated rings. The number of rotatable bonds is 37. The van der Waals surface area contributed by atoms with Gasteiger partial charge in [0.05, 0.1) is 12.5 Å². The first-order valence-electron chi connectivity index (χ1n) is 22.4. The molecule has 1 aliphatic rings. The Hall–Kier alpha value is -0.810. The minimum atomic E-state index is -0.685. The molecule has 2 atom stereocenters. The lowest BCUT2D eigenvalue weighted by molar-refractivity contribution is -0.152. The van der Waals surface area contributed by atoms with E-state index in [0.717, 1.165) is 45.7 Å². The van der Waals surface area contributed by atoms with Crippen LogP contribution in [0.2, 0.25) is 0 Å². The fraction of sp³-hybridized carbons (Fsp3) is 0.977. The van der Waals surface area contributed by atoms with E-state index in [2.05, 4.69) is 13.8 Å². The Labute approximate surface area is 328 Å². The van der Waals surface area contributed by atoms with Crippen molar-refractivity contribution < 1.29 is 39.1 Å². The minimum Gasteiger partial charge on any atom is -0.463 e. The summed E-state index contributed by atoms with van der Waals surface area (Å²) in [6.07, 6.45) is 34.3. The third-order valence-corrected chi connectivity index (χ3v) is 9.46. The average Bonchev–Trinajstić information content (AvgIpc) is 3.58. The highest BCUT2D eigenvalue weighted by Gasteiger charge is 2.24. The summed E-state index contributed by atoms with van der Waals surface area (Å²) >= 11 is 0. The number of aliphatic hydroxyl groups excluding tert-OH is 3. The van der Waals surface area contributed by atoms with Gasteiger partial charge in [0.25, 0.3) is 0 Å².